The Balaban J connectivity index is 3.07. The average Bonchev–Trinajstić information content (AvgIpc) is 2.45. The number of carboxylic acid groups (broad SMARTS) is 1. The molecule has 0 bridgehead atoms. The normalized spacial score (nSPS) is 13.7. The predicted octanol–water partition coefficient (Wildman–Crippen LogP) is 2.41. The van der Waals surface area contributed by atoms with Crippen LogP contribution in [-0.2, 0) is 25.3 Å². The molecule has 6 heteroatoms. The third-order valence-corrected chi connectivity index (χ3v) is 4.03. The summed E-state index contributed by atoms with van der Waals surface area (Å²) in [6.07, 6.45) is 0.214. The van der Waals surface area contributed by atoms with Crippen LogP contribution >= 0.6 is 8.46 Å². The van der Waals surface area contributed by atoms with Crippen molar-refractivity contribution in [3.8, 4) is 0 Å². The maximum atomic E-state index is 11.6. The minimum atomic E-state index is -1.55. The number of carbonyl (C=O) groups is 1. The van der Waals surface area contributed by atoms with Gasteiger partial charge in [0.25, 0.3) is 0 Å². The largest absolute Gasteiger partial charge is 0.481 e. The molecule has 2 atom stereocenters. The van der Waals surface area contributed by atoms with Crippen LogP contribution in [0.15, 0.2) is 30.3 Å². The van der Waals surface area contributed by atoms with Crippen molar-refractivity contribution >= 4 is 14.4 Å². The monoisotopic (exact) mass is 300 g/mol. The minimum absolute atomic E-state index is 0.214. The number of ether oxygens (including phenoxy) is 2. The molecule has 1 aromatic rings. The number of benzene rings is 1. The molecular formula is C14H21O5P. The minimum Gasteiger partial charge on any atom is -0.481 e. The summed E-state index contributed by atoms with van der Waals surface area (Å²) in [7, 11) is -1.55. The van der Waals surface area contributed by atoms with Gasteiger partial charge in [0.2, 0.25) is 5.53 Å². The molecule has 5 nitrogen and oxygen atoms in total. The van der Waals surface area contributed by atoms with Crippen molar-refractivity contribution < 1.29 is 23.9 Å². The van der Waals surface area contributed by atoms with Crippen LogP contribution in [-0.4, -0.2) is 29.8 Å². The Morgan fingerprint density at radius 1 is 1.25 bits per heavy atom. The fraction of sp³-hybridized carbons (Fsp3) is 0.500. The van der Waals surface area contributed by atoms with E-state index in [0.29, 0.717) is 0 Å². The van der Waals surface area contributed by atoms with E-state index in [-0.39, 0.29) is 19.6 Å². The van der Waals surface area contributed by atoms with Crippen LogP contribution < -0.4 is 0 Å². The number of hydrogen-bond donors (Lipinski definition) is 1. The summed E-state index contributed by atoms with van der Waals surface area (Å²) in [6, 6.07) is 9.19. The molecule has 1 N–H and O–H groups in total. The van der Waals surface area contributed by atoms with Crippen LogP contribution in [0.25, 0.3) is 0 Å². The molecule has 0 heterocycles. The van der Waals surface area contributed by atoms with Gasteiger partial charge in [0, 0.05) is 13.2 Å². The molecule has 0 radical (unpaired) electrons. The first kappa shape index (κ1) is 16.9. The highest BCUT2D eigenvalue weighted by atomic mass is 31.1. The molecule has 0 aliphatic heterocycles. The SMILES string of the molecule is CCOC(OCC)([PH2]=O)C(Cc1ccccc1)C(=O)O. The highest BCUT2D eigenvalue weighted by Gasteiger charge is 2.44. The van der Waals surface area contributed by atoms with Gasteiger partial charge >= 0.3 is 5.97 Å². The van der Waals surface area contributed by atoms with Crippen molar-refractivity contribution in [2.24, 2.45) is 5.92 Å². The maximum Gasteiger partial charge on any atom is 0.312 e. The molecule has 20 heavy (non-hydrogen) atoms. The van der Waals surface area contributed by atoms with Gasteiger partial charge in [-0.1, -0.05) is 30.3 Å². The molecule has 0 aromatic heterocycles. The van der Waals surface area contributed by atoms with Crippen LogP contribution in [0.4, 0.5) is 0 Å². The molecule has 0 spiro atoms. The van der Waals surface area contributed by atoms with Gasteiger partial charge in [0.05, 0.1) is 0 Å². The third-order valence-electron chi connectivity index (χ3n) is 2.97. The lowest BCUT2D eigenvalue weighted by molar-refractivity contribution is -0.209. The fourth-order valence-corrected chi connectivity index (χ4v) is 2.99. The molecule has 112 valence electrons. The van der Waals surface area contributed by atoms with Gasteiger partial charge in [-0.2, -0.15) is 0 Å². The Morgan fingerprint density at radius 3 is 2.20 bits per heavy atom. The van der Waals surface area contributed by atoms with E-state index in [1.807, 2.05) is 30.3 Å². The van der Waals surface area contributed by atoms with E-state index < -0.39 is 25.9 Å². The lowest BCUT2D eigenvalue weighted by Crippen LogP contribution is -2.44. The Morgan fingerprint density at radius 2 is 1.80 bits per heavy atom. The molecule has 2 unspecified atom stereocenters. The van der Waals surface area contributed by atoms with Crippen molar-refractivity contribution in [1.29, 1.82) is 0 Å². The van der Waals surface area contributed by atoms with Gasteiger partial charge < -0.3 is 19.1 Å². The molecule has 0 amide bonds. The first-order valence-corrected chi connectivity index (χ1v) is 7.65. The molecule has 1 rings (SSSR count). The summed E-state index contributed by atoms with van der Waals surface area (Å²) in [4.78, 5) is 11.6. The van der Waals surface area contributed by atoms with Gasteiger partial charge in [0.15, 0.2) is 0 Å². The summed E-state index contributed by atoms with van der Waals surface area (Å²) in [5, 5.41) is 9.47. The topological polar surface area (TPSA) is 72.8 Å². The highest BCUT2D eigenvalue weighted by Crippen LogP contribution is 2.37. The lowest BCUT2D eigenvalue weighted by Gasteiger charge is -2.33. The van der Waals surface area contributed by atoms with E-state index in [1.54, 1.807) is 13.8 Å². The van der Waals surface area contributed by atoms with E-state index in [2.05, 4.69) is 0 Å². The molecule has 0 aliphatic carbocycles. The Labute approximate surface area is 120 Å². The number of aliphatic carboxylic acids is 1. The van der Waals surface area contributed by atoms with Crippen LogP contribution in [0, 0.1) is 5.92 Å². The zero-order valence-electron chi connectivity index (χ0n) is 11.7. The van der Waals surface area contributed by atoms with Crippen LogP contribution in [0.2, 0.25) is 0 Å². The lowest BCUT2D eigenvalue weighted by atomic mass is 9.98. The standard InChI is InChI=1S/C14H21O5P/c1-3-18-14(20-17,19-4-2)12(13(15)16)10-11-8-6-5-7-9-11/h5-9,12H,3-4,10,20H2,1-2H3,(H,15,16). The number of rotatable bonds is 9. The number of carboxylic acids is 1. The second-order valence-electron chi connectivity index (χ2n) is 4.29. The van der Waals surface area contributed by atoms with Crippen molar-refractivity contribution in [3.63, 3.8) is 0 Å². The first-order chi connectivity index (χ1) is 9.59. The van der Waals surface area contributed by atoms with E-state index >= 15 is 0 Å². The van der Waals surface area contributed by atoms with Crippen molar-refractivity contribution in [2.75, 3.05) is 13.2 Å². The first-order valence-electron chi connectivity index (χ1n) is 6.60. The summed E-state index contributed by atoms with van der Waals surface area (Å²) in [5.74, 6) is -2.07. The molecule has 0 aliphatic rings. The van der Waals surface area contributed by atoms with Gasteiger partial charge in [-0.3, -0.25) is 4.79 Å². The maximum absolute atomic E-state index is 11.6. The van der Waals surface area contributed by atoms with Crippen LogP contribution in [0.1, 0.15) is 19.4 Å². The number of hydrogen-bond acceptors (Lipinski definition) is 4. The molecular weight excluding hydrogens is 279 g/mol. The average molecular weight is 300 g/mol. The summed E-state index contributed by atoms with van der Waals surface area (Å²) >= 11 is 0. The van der Waals surface area contributed by atoms with E-state index in [1.165, 1.54) is 0 Å². The van der Waals surface area contributed by atoms with E-state index in [9.17, 15) is 14.5 Å². The van der Waals surface area contributed by atoms with E-state index in [4.69, 9.17) is 9.47 Å². The highest BCUT2D eigenvalue weighted by molar-refractivity contribution is 7.25. The summed E-state index contributed by atoms with van der Waals surface area (Å²) in [6.45, 7) is 3.94. The molecule has 0 saturated carbocycles. The Bertz CT molecular complexity index is 428. The molecule has 0 fully saturated rings. The van der Waals surface area contributed by atoms with Crippen molar-refractivity contribution in [1.82, 2.24) is 0 Å². The van der Waals surface area contributed by atoms with Crippen molar-refractivity contribution in [2.45, 2.75) is 25.8 Å². The zero-order valence-corrected chi connectivity index (χ0v) is 12.9. The second-order valence-corrected chi connectivity index (χ2v) is 5.33. The van der Waals surface area contributed by atoms with Crippen LogP contribution in [0.3, 0.4) is 0 Å². The second kappa shape index (κ2) is 8.20. The summed E-state index contributed by atoms with van der Waals surface area (Å²) in [5.41, 5.74) is -0.693. The zero-order chi connectivity index (χ0) is 15.0. The predicted molar refractivity (Wildman–Crippen MR) is 77.7 cm³/mol. The van der Waals surface area contributed by atoms with Crippen LogP contribution in [0.5, 0.6) is 0 Å². The fourth-order valence-electron chi connectivity index (χ4n) is 2.10. The van der Waals surface area contributed by atoms with E-state index in [0.717, 1.165) is 5.56 Å². The smallest absolute Gasteiger partial charge is 0.312 e. The quantitative estimate of drug-likeness (QED) is 0.560. The Hall–Kier alpha value is -1.16. The summed E-state index contributed by atoms with van der Waals surface area (Å²) < 4.78 is 22.5. The van der Waals surface area contributed by atoms with Crippen molar-refractivity contribution in [3.05, 3.63) is 35.9 Å². The third kappa shape index (κ3) is 4.17. The Kier molecular flexibility index (Phi) is 6.93. The van der Waals surface area contributed by atoms with Gasteiger partial charge in [-0.05, 0) is 25.8 Å². The van der Waals surface area contributed by atoms with Gasteiger partial charge in [-0.15, -0.1) is 0 Å². The molecule has 1 aromatic carbocycles. The molecule has 0 saturated heterocycles. The van der Waals surface area contributed by atoms with Gasteiger partial charge in [0.1, 0.15) is 14.4 Å². The van der Waals surface area contributed by atoms with Gasteiger partial charge in [-0.25, -0.2) is 0 Å².